The number of carbonyl (C=O) groups excluding carboxylic acids is 2. The van der Waals surface area contributed by atoms with Crippen LogP contribution in [0.5, 0.6) is 0 Å². The minimum Gasteiger partial charge on any atom is -0.467 e. The molecule has 6 nitrogen and oxygen atoms in total. The van der Waals surface area contributed by atoms with Gasteiger partial charge in [-0.05, 0) is 0 Å². The first kappa shape index (κ1) is 15.7. The first-order valence-corrected chi connectivity index (χ1v) is 4.90. The van der Waals surface area contributed by atoms with E-state index in [0.717, 1.165) is 7.11 Å². The summed E-state index contributed by atoms with van der Waals surface area (Å²) in [5.41, 5.74) is 0. The average Bonchev–Trinajstić information content (AvgIpc) is 2.25. The molecule has 0 aromatic heterocycles. The summed E-state index contributed by atoms with van der Waals surface area (Å²) in [6.45, 7) is 0.727. The summed E-state index contributed by atoms with van der Waals surface area (Å²) < 4.78 is 28.3. The Labute approximate surface area is 97.3 Å². The summed E-state index contributed by atoms with van der Waals surface area (Å²) in [5, 5.41) is 13.5. The zero-order valence-electron chi connectivity index (χ0n) is 9.57. The van der Waals surface area contributed by atoms with Crippen molar-refractivity contribution < 1.29 is 28.2 Å². The lowest BCUT2D eigenvalue weighted by Crippen LogP contribution is -2.48. The lowest BCUT2D eigenvalue weighted by Gasteiger charge is -2.17. The summed E-state index contributed by atoms with van der Waals surface area (Å²) in [4.78, 5) is 21.9. The molecule has 0 heterocycles. The van der Waals surface area contributed by atoms with E-state index in [9.17, 15) is 18.4 Å². The Balaban J connectivity index is 4.08. The van der Waals surface area contributed by atoms with Crippen LogP contribution in [0.15, 0.2) is 0 Å². The Morgan fingerprint density at radius 2 is 1.94 bits per heavy atom. The predicted octanol–water partition coefficient (Wildman–Crippen LogP) is -1.12. The standard InChI is InChI=1S/C9H16F2N2O4/c1-5(14)13-6(9(16)17-2)3-12-4-7(15)8(10)11/h6-8,12,15H,3-4H2,1-2H3,(H,13,14). The van der Waals surface area contributed by atoms with Gasteiger partial charge < -0.3 is 20.5 Å². The molecule has 0 saturated heterocycles. The van der Waals surface area contributed by atoms with Gasteiger partial charge in [0, 0.05) is 20.0 Å². The fraction of sp³-hybridized carbons (Fsp3) is 0.778. The van der Waals surface area contributed by atoms with Gasteiger partial charge in [-0.15, -0.1) is 0 Å². The molecule has 0 aliphatic heterocycles. The van der Waals surface area contributed by atoms with Crippen molar-refractivity contribution in [3.63, 3.8) is 0 Å². The van der Waals surface area contributed by atoms with Gasteiger partial charge in [-0.25, -0.2) is 13.6 Å². The number of aliphatic hydroxyl groups is 1. The number of methoxy groups -OCH3 is 1. The van der Waals surface area contributed by atoms with E-state index >= 15 is 0 Å². The number of hydrogen-bond acceptors (Lipinski definition) is 5. The Bertz CT molecular complexity index is 263. The van der Waals surface area contributed by atoms with Crippen molar-refractivity contribution in [2.45, 2.75) is 25.5 Å². The third kappa shape index (κ3) is 6.80. The number of nitrogens with one attached hydrogen (secondary N) is 2. The maximum absolute atomic E-state index is 11.9. The highest BCUT2D eigenvalue weighted by Crippen LogP contribution is 1.98. The monoisotopic (exact) mass is 254 g/mol. The van der Waals surface area contributed by atoms with E-state index in [0.29, 0.717) is 0 Å². The topological polar surface area (TPSA) is 87.7 Å². The normalized spacial score (nSPS) is 14.2. The Morgan fingerprint density at radius 3 is 2.35 bits per heavy atom. The van der Waals surface area contributed by atoms with Gasteiger partial charge in [0.25, 0.3) is 6.43 Å². The third-order valence-electron chi connectivity index (χ3n) is 1.86. The van der Waals surface area contributed by atoms with E-state index in [1.807, 2.05) is 0 Å². The molecular weight excluding hydrogens is 238 g/mol. The second-order valence-electron chi connectivity index (χ2n) is 3.34. The van der Waals surface area contributed by atoms with Gasteiger partial charge in [0.15, 0.2) is 0 Å². The highest BCUT2D eigenvalue weighted by Gasteiger charge is 2.21. The molecule has 100 valence electrons. The summed E-state index contributed by atoms with van der Waals surface area (Å²) >= 11 is 0. The van der Waals surface area contributed by atoms with Gasteiger partial charge in [-0.2, -0.15) is 0 Å². The smallest absolute Gasteiger partial charge is 0.329 e. The van der Waals surface area contributed by atoms with E-state index in [4.69, 9.17) is 5.11 Å². The van der Waals surface area contributed by atoms with Crippen LogP contribution in [0.3, 0.4) is 0 Å². The number of halogens is 2. The maximum Gasteiger partial charge on any atom is 0.329 e. The molecule has 0 aromatic carbocycles. The predicted molar refractivity (Wildman–Crippen MR) is 54.5 cm³/mol. The molecule has 0 rings (SSSR count). The highest BCUT2D eigenvalue weighted by atomic mass is 19.3. The van der Waals surface area contributed by atoms with Crippen molar-refractivity contribution in [1.82, 2.24) is 10.6 Å². The highest BCUT2D eigenvalue weighted by molar-refractivity contribution is 5.83. The number of rotatable bonds is 7. The fourth-order valence-electron chi connectivity index (χ4n) is 1.05. The zero-order valence-corrected chi connectivity index (χ0v) is 9.57. The first-order valence-electron chi connectivity index (χ1n) is 4.90. The summed E-state index contributed by atoms with van der Waals surface area (Å²) in [7, 11) is 1.14. The van der Waals surface area contributed by atoms with Gasteiger partial charge in [0.2, 0.25) is 5.91 Å². The Morgan fingerprint density at radius 1 is 1.35 bits per heavy atom. The molecule has 0 saturated carbocycles. The zero-order chi connectivity index (χ0) is 13.4. The molecule has 0 aliphatic rings. The van der Waals surface area contributed by atoms with E-state index < -0.39 is 30.4 Å². The van der Waals surface area contributed by atoms with Crippen LogP contribution < -0.4 is 10.6 Å². The minimum absolute atomic E-state index is 0.101. The second kappa shape index (κ2) is 7.91. The molecule has 8 heteroatoms. The van der Waals surface area contributed by atoms with Crippen molar-refractivity contribution >= 4 is 11.9 Å². The van der Waals surface area contributed by atoms with Crippen molar-refractivity contribution in [3.05, 3.63) is 0 Å². The Hall–Kier alpha value is -1.28. The van der Waals surface area contributed by atoms with Crippen LogP contribution in [0.1, 0.15) is 6.92 Å². The molecule has 0 aromatic rings. The number of alkyl halides is 2. The number of carbonyl (C=O) groups is 2. The van der Waals surface area contributed by atoms with Crippen LogP contribution in [0.4, 0.5) is 8.78 Å². The quantitative estimate of drug-likeness (QED) is 0.501. The molecule has 2 unspecified atom stereocenters. The molecule has 0 fully saturated rings. The van der Waals surface area contributed by atoms with Crippen LogP contribution in [-0.4, -0.2) is 55.8 Å². The maximum atomic E-state index is 11.9. The number of hydrogen-bond donors (Lipinski definition) is 3. The number of amides is 1. The number of aliphatic hydroxyl groups excluding tert-OH is 1. The first-order chi connectivity index (χ1) is 7.88. The SMILES string of the molecule is COC(=O)C(CNCC(O)C(F)F)NC(C)=O. The Kier molecular flexibility index (Phi) is 7.31. The van der Waals surface area contributed by atoms with Crippen LogP contribution in [-0.2, 0) is 14.3 Å². The van der Waals surface area contributed by atoms with E-state index in [-0.39, 0.29) is 13.1 Å². The van der Waals surface area contributed by atoms with E-state index in [1.54, 1.807) is 0 Å². The lowest BCUT2D eigenvalue weighted by atomic mass is 10.2. The van der Waals surface area contributed by atoms with Gasteiger partial charge in [-0.3, -0.25) is 4.79 Å². The summed E-state index contributed by atoms with van der Waals surface area (Å²) in [6, 6.07) is -0.970. The molecule has 0 bridgehead atoms. The van der Waals surface area contributed by atoms with Crippen molar-refractivity contribution in [2.75, 3.05) is 20.2 Å². The van der Waals surface area contributed by atoms with Gasteiger partial charge in [0.05, 0.1) is 7.11 Å². The fourth-order valence-corrected chi connectivity index (χ4v) is 1.05. The second-order valence-corrected chi connectivity index (χ2v) is 3.34. The molecule has 17 heavy (non-hydrogen) atoms. The van der Waals surface area contributed by atoms with E-state index in [1.165, 1.54) is 6.92 Å². The number of ether oxygens (including phenoxy) is 1. The van der Waals surface area contributed by atoms with Crippen LogP contribution in [0.25, 0.3) is 0 Å². The van der Waals surface area contributed by atoms with Crippen LogP contribution >= 0.6 is 0 Å². The van der Waals surface area contributed by atoms with Gasteiger partial charge in [0.1, 0.15) is 12.1 Å². The molecule has 3 N–H and O–H groups in total. The summed E-state index contributed by atoms with van der Waals surface area (Å²) in [6.07, 6.45) is -4.68. The van der Waals surface area contributed by atoms with Gasteiger partial charge >= 0.3 is 5.97 Å². The van der Waals surface area contributed by atoms with Crippen LogP contribution in [0, 0.1) is 0 Å². The molecule has 0 radical (unpaired) electrons. The van der Waals surface area contributed by atoms with Crippen molar-refractivity contribution in [3.8, 4) is 0 Å². The molecule has 1 amide bonds. The van der Waals surface area contributed by atoms with E-state index in [2.05, 4.69) is 15.4 Å². The average molecular weight is 254 g/mol. The van der Waals surface area contributed by atoms with Crippen molar-refractivity contribution in [1.29, 1.82) is 0 Å². The molecule has 0 aliphatic carbocycles. The molecular formula is C9H16F2N2O4. The van der Waals surface area contributed by atoms with Gasteiger partial charge in [-0.1, -0.05) is 0 Å². The molecule has 0 spiro atoms. The van der Waals surface area contributed by atoms with Crippen molar-refractivity contribution in [2.24, 2.45) is 0 Å². The number of esters is 1. The summed E-state index contributed by atoms with van der Waals surface area (Å²) in [5.74, 6) is -1.14. The van der Waals surface area contributed by atoms with Crippen LogP contribution in [0.2, 0.25) is 0 Å². The lowest BCUT2D eigenvalue weighted by molar-refractivity contribution is -0.144. The minimum atomic E-state index is -2.86. The third-order valence-corrected chi connectivity index (χ3v) is 1.86. The largest absolute Gasteiger partial charge is 0.467 e. The molecule has 2 atom stereocenters.